The minimum atomic E-state index is -0.842. The molecule has 126 valence electrons. The average Bonchev–Trinajstić information content (AvgIpc) is 2.57. The molecule has 0 radical (unpaired) electrons. The number of rotatable bonds is 5. The van der Waals surface area contributed by atoms with Crippen molar-refractivity contribution in [1.82, 2.24) is 5.32 Å². The Morgan fingerprint density at radius 1 is 1.33 bits per heavy atom. The molecule has 0 aliphatic heterocycles. The first kappa shape index (κ1) is 18.1. The van der Waals surface area contributed by atoms with Crippen LogP contribution in [0.25, 0.3) is 0 Å². The largest absolute Gasteiger partial charge is 0.387 e. The molecule has 0 aliphatic rings. The lowest BCUT2D eigenvalue weighted by Gasteiger charge is -2.16. The van der Waals surface area contributed by atoms with Crippen LogP contribution >= 0.6 is 23.8 Å². The van der Waals surface area contributed by atoms with Crippen molar-refractivity contribution in [3.63, 3.8) is 0 Å². The summed E-state index contributed by atoms with van der Waals surface area (Å²) in [5.74, 6) is 0. The number of hydrogen-bond acceptors (Lipinski definition) is 4. The van der Waals surface area contributed by atoms with Gasteiger partial charge in [0.25, 0.3) is 5.69 Å². The lowest BCUT2D eigenvalue weighted by molar-refractivity contribution is -0.384. The first-order valence-corrected chi connectivity index (χ1v) is 7.89. The number of non-ortho nitro benzene ring substituents is 1. The predicted molar refractivity (Wildman–Crippen MR) is 98.5 cm³/mol. The van der Waals surface area contributed by atoms with Gasteiger partial charge in [0, 0.05) is 29.4 Å². The number of nitro groups is 1. The summed E-state index contributed by atoms with van der Waals surface area (Å²) in [5.41, 5.74) is 2.20. The molecule has 3 N–H and O–H groups in total. The Bertz CT molecular complexity index is 753. The molecule has 2 rings (SSSR count). The van der Waals surface area contributed by atoms with Gasteiger partial charge in [0.2, 0.25) is 0 Å². The third-order valence-electron chi connectivity index (χ3n) is 3.46. The van der Waals surface area contributed by atoms with E-state index < -0.39 is 11.0 Å². The lowest BCUT2D eigenvalue weighted by atomic mass is 10.1. The van der Waals surface area contributed by atoms with Crippen LogP contribution in [0.3, 0.4) is 0 Å². The van der Waals surface area contributed by atoms with Crippen LogP contribution in [0.4, 0.5) is 11.4 Å². The van der Waals surface area contributed by atoms with Crippen molar-refractivity contribution in [2.24, 2.45) is 0 Å². The first-order chi connectivity index (χ1) is 11.4. The number of nitrogens with one attached hydrogen (secondary N) is 2. The molecule has 0 saturated heterocycles. The summed E-state index contributed by atoms with van der Waals surface area (Å²) in [4.78, 5) is 10.1. The van der Waals surface area contributed by atoms with Gasteiger partial charge < -0.3 is 15.7 Å². The van der Waals surface area contributed by atoms with E-state index in [1.807, 2.05) is 19.1 Å². The normalized spacial score (nSPS) is 11.6. The number of benzene rings is 2. The Labute approximate surface area is 149 Å². The first-order valence-electron chi connectivity index (χ1n) is 7.11. The average molecular weight is 366 g/mol. The highest BCUT2D eigenvalue weighted by Crippen LogP contribution is 2.23. The molecule has 0 aromatic heterocycles. The Hall–Kier alpha value is -2.22. The smallest absolute Gasteiger partial charge is 0.269 e. The molecule has 6 nitrogen and oxygen atoms in total. The molecule has 0 unspecified atom stereocenters. The summed E-state index contributed by atoms with van der Waals surface area (Å²) < 4.78 is 0. The Morgan fingerprint density at radius 3 is 2.62 bits per heavy atom. The van der Waals surface area contributed by atoms with E-state index in [-0.39, 0.29) is 12.2 Å². The fourth-order valence-electron chi connectivity index (χ4n) is 2.03. The van der Waals surface area contributed by atoms with Gasteiger partial charge in [-0.25, -0.2) is 0 Å². The standard InChI is InChI=1S/C16H16ClN3O3S/c1-10-13(17)3-2-4-14(10)19-16(24)18-9-15(21)11-5-7-12(8-6-11)20(22)23/h2-8,15,21H,9H2,1H3,(H2,18,19,24)/t15-/m1/s1. The molecular formula is C16H16ClN3O3S. The molecule has 0 saturated carbocycles. The molecule has 1 atom stereocenters. The lowest BCUT2D eigenvalue weighted by Crippen LogP contribution is -2.32. The second-order valence-electron chi connectivity index (χ2n) is 5.11. The van der Waals surface area contributed by atoms with Gasteiger partial charge in [-0.15, -0.1) is 0 Å². The van der Waals surface area contributed by atoms with E-state index in [1.165, 1.54) is 24.3 Å². The number of hydrogen-bond donors (Lipinski definition) is 3. The van der Waals surface area contributed by atoms with E-state index in [0.29, 0.717) is 15.7 Å². The number of nitrogens with zero attached hydrogens (tertiary/aromatic N) is 1. The molecule has 0 heterocycles. The quantitative estimate of drug-likeness (QED) is 0.426. The highest BCUT2D eigenvalue weighted by Gasteiger charge is 2.11. The van der Waals surface area contributed by atoms with Gasteiger partial charge in [0.1, 0.15) is 0 Å². The molecule has 2 aromatic rings. The minimum Gasteiger partial charge on any atom is -0.387 e. The summed E-state index contributed by atoms with van der Waals surface area (Å²) in [7, 11) is 0. The molecule has 0 spiro atoms. The molecule has 0 bridgehead atoms. The van der Waals surface area contributed by atoms with Crippen LogP contribution in [0, 0.1) is 17.0 Å². The second kappa shape index (κ2) is 8.05. The van der Waals surface area contributed by atoms with E-state index in [9.17, 15) is 15.2 Å². The van der Waals surface area contributed by atoms with Crippen molar-refractivity contribution in [2.45, 2.75) is 13.0 Å². The van der Waals surface area contributed by atoms with E-state index in [4.69, 9.17) is 23.8 Å². The predicted octanol–water partition coefficient (Wildman–Crippen LogP) is 3.58. The highest BCUT2D eigenvalue weighted by atomic mass is 35.5. The molecule has 24 heavy (non-hydrogen) atoms. The fourth-order valence-corrected chi connectivity index (χ4v) is 2.40. The van der Waals surface area contributed by atoms with Crippen molar-refractivity contribution in [2.75, 3.05) is 11.9 Å². The van der Waals surface area contributed by atoms with Gasteiger partial charge in [-0.05, 0) is 54.5 Å². The van der Waals surface area contributed by atoms with Crippen LogP contribution in [0.5, 0.6) is 0 Å². The number of aliphatic hydroxyl groups is 1. The van der Waals surface area contributed by atoms with Gasteiger partial charge in [-0.1, -0.05) is 17.7 Å². The van der Waals surface area contributed by atoms with Crippen molar-refractivity contribution in [3.05, 3.63) is 68.7 Å². The highest BCUT2D eigenvalue weighted by molar-refractivity contribution is 7.80. The number of halogens is 1. The van der Waals surface area contributed by atoms with Crippen LogP contribution in [-0.4, -0.2) is 21.7 Å². The Kier molecular flexibility index (Phi) is 6.08. The van der Waals surface area contributed by atoms with Crippen LogP contribution < -0.4 is 10.6 Å². The van der Waals surface area contributed by atoms with Crippen molar-refractivity contribution in [1.29, 1.82) is 0 Å². The van der Waals surface area contributed by atoms with Crippen molar-refractivity contribution < 1.29 is 10.0 Å². The molecule has 2 aromatic carbocycles. The summed E-state index contributed by atoms with van der Waals surface area (Å²) in [6.45, 7) is 2.04. The van der Waals surface area contributed by atoms with Gasteiger partial charge in [0.15, 0.2) is 5.11 Å². The maximum Gasteiger partial charge on any atom is 0.269 e. The summed E-state index contributed by atoms with van der Waals surface area (Å²) in [5, 5.41) is 27.6. The number of anilines is 1. The van der Waals surface area contributed by atoms with Crippen LogP contribution in [0.2, 0.25) is 5.02 Å². The molecule has 0 amide bonds. The second-order valence-corrected chi connectivity index (χ2v) is 5.93. The maximum atomic E-state index is 10.6. The van der Waals surface area contributed by atoms with E-state index >= 15 is 0 Å². The fraction of sp³-hybridized carbons (Fsp3) is 0.188. The molecular weight excluding hydrogens is 350 g/mol. The number of aliphatic hydroxyl groups excluding tert-OH is 1. The molecule has 0 fully saturated rings. The Morgan fingerprint density at radius 2 is 2.00 bits per heavy atom. The third-order valence-corrected chi connectivity index (χ3v) is 4.12. The summed E-state index contributed by atoms with van der Waals surface area (Å²) in [6.07, 6.45) is -0.842. The monoisotopic (exact) mass is 365 g/mol. The zero-order valence-corrected chi connectivity index (χ0v) is 14.4. The van der Waals surface area contributed by atoms with Crippen LogP contribution in [0.15, 0.2) is 42.5 Å². The topological polar surface area (TPSA) is 87.4 Å². The zero-order chi connectivity index (χ0) is 17.7. The molecule has 0 aliphatic carbocycles. The third kappa shape index (κ3) is 4.64. The molecule has 8 heteroatoms. The van der Waals surface area contributed by atoms with Gasteiger partial charge in [0.05, 0.1) is 11.0 Å². The number of nitro benzene ring substituents is 1. The van der Waals surface area contributed by atoms with E-state index in [1.54, 1.807) is 6.07 Å². The summed E-state index contributed by atoms with van der Waals surface area (Å²) >= 11 is 11.2. The van der Waals surface area contributed by atoms with Crippen molar-refractivity contribution >= 4 is 40.3 Å². The van der Waals surface area contributed by atoms with Gasteiger partial charge in [-0.2, -0.15) is 0 Å². The van der Waals surface area contributed by atoms with Crippen molar-refractivity contribution in [3.8, 4) is 0 Å². The number of thiocarbonyl (C=S) groups is 1. The maximum absolute atomic E-state index is 10.6. The van der Waals surface area contributed by atoms with Crippen LogP contribution in [0.1, 0.15) is 17.2 Å². The van der Waals surface area contributed by atoms with Gasteiger partial charge >= 0.3 is 0 Å². The minimum absolute atomic E-state index is 0.0208. The zero-order valence-electron chi connectivity index (χ0n) is 12.8. The van der Waals surface area contributed by atoms with Gasteiger partial charge in [-0.3, -0.25) is 10.1 Å². The summed E-state index contributed by atoms with van der Waals surface area (Å²) in [6, 6.07) is 11.2. The van der Waals surface area contributed by atoms with Crippen LogP contribution in [-0.2, 0) is 0 Å². The Balaban J connectivity index is 1.91. The van der Waals surface area contributed by atoms with E-state index in [2.05, 4.69) is 10.6 Å². The SMILES string of the molecule is Cc1c(Cl)cccc1NC(=S)NC[C@@H](O)c1ccc([N+](=O)[O-])cc1. The van der Waals surface area contributed by atoms with E-state index in [0.717, 1.165) is 11.3 Å².